The van der Waals surface area contributed by atoms with Crippen LogP contribution < -0.4 is 0 Å². The second-order valence-corrected chi connectivity index (χ2v) is 5.51. The number of alkyl halides is 1. The normalized spacial score (nSPS) is 13.8. The van der Waals surface area contributed by atoms with Gasteiger partial charge in [0.05, 0.1) is 4.75 Å². The first kappa shape index (κ1) is 8.88. The van der Waals surface area contributed by atoms with Crippen molar-refractivity contribution in [2.75, 3.05) is 6.01 Å². The van der Waals surface area contributed by atoms with Gasteiger partial charge in [-0.1, -0.05) is 0 Å². The highest BCUT2D eigenvalue weighted by atomic mass is 32.2. The molecule has 0 amide bonds. The first-order valence-electron chi connectivity index (χ1n) is 2.59. The SMILES string of the molecule is CC(C)(C)S(=O)(=O)CF. The van der Waals surface area contributed by atoms with E-state index in [-0.39, 0.29) is 0 Å². The molecule has 0 aliphatic heterocycles. The summed E-state index contributed by atoms with van der Waals surface area (Å²) in [5, 5.41) is 0. The van der Waals surface area contributed by atoms with Gasteiger partial charge in [0.2, 0.25) is 0 Å². The lowest BCUT2D eigenvalue weighted by atomic mass is 10.3. The Bertz CT molecular complexity index is 176. The van der Waals surface area contributed by atoms with Gasteiger partial charge in [0.15, 0.2) is 15.8 Å². The third-order valence-electron chi connectivity index (χ3n) is 1.08. The standard InChI is InChI=1S/C5H11FO2S/c1-5(2,3)9(7,8)4-6/h4H2,1-3H3. The molecule has 0 bridgehead atoms. The van der Waals surface area contributed by atoms with Crippen LogP contribution in [0, 0.1) is 0 Å². The molecule has 0 aliphatic carbocycles. The Kier molecular flexibility index (Phi) is 2.22. The molecule has 0 heterocycles. The van der Waals surface area contributed by atoms with Crippen LogP contribution in [0.2, 0.25) is 0 Å². The van der Waals surface area contributed by atoms with Gasteiger partial charge in [0, 0.05) is 0 Å². The molecule has 0 atom stereocenters. The monoisotopic (exact) mass is 154 g/mol. The molecule has 0 aliphatic rings. The molecule has 0 radical (unpaired) electrons. The topological polar surface area (TPSA) is 34.1 Å². The van der Waals surface area contributed by atoms with Crippen LogP contribution in [-0.2, 0) is 9.84 Å². The molecule has 0 aromatic rings. The van der Waals surface area contributed by atoms with Crippen LogP contribution in [0.25, 0.3) is 0 Å². The van der Waals surface area contributed by atoms with E-state index < -0.39 is 20.6 Å². The molecule has 0 unspecified atom stereocenters. The second-order valence-electron chi connectivity index (χ2n) is 2.84. The summed E-state index contributed by atoms with van der Waals surface area (Å²) >= 11 is 0. The van der Waals surface area contributed by atoms with Gasteiger partial charge in [0.25, 0.3) is 0 Å². The molecular weight excluding hydrogens is 143 g/mol. The summed E-state index contributed by atoms with van der Waals surface area (Å²) in [6.07, 6.45) is 0. The fourth-order valence-corrected chi connectivity index (χ4v) is 0.491. The molecule has 0 aromatic heterocycles. The van der Waals surface area contributed by atoms with Gasteiger partial charge in [-0.05, 0) is 20.8 Å². The molecule has 0 spiro atoms. The zero-order chi connectivity index (χ0) is 7.71. The lowest BCUT2D eigenvalue weighted by Gasteiger charge is -2.15. The minimum atomic E-state index is -3.50. The lowest BCUT2D eigenvalue weighted by Crippen LogP contribution is -2.28. The van der Waals surface area contributed by atoms with Crippen molar-refractivity contribution < 1.29 is 12.8 Å². The van der Waals surface area contributed by atoms with Crippen molar-refractivity contribution in [2.45, 2.75) is 25.5 Å². The van der Waals surface area contributed by atoms with E-state index in [4.69, 9.17) is 0 Å². The second kappa shape index (κ2) is 2.25. The molecule has 0 N–H and O–H groups in total. The van der Waals surface area contributed by atoms with Gasteiger partial charge in [0.1, 0.15) is 0 Å². The zero-order valence-electron chi connectivity index (χ0n) is 5.81. The van der Waals surface area contributed by atoms with Gasteiger partial charge in [-0.15, -0.1) is 0 Å². The van der Waals surface area contributed by atoms with Crippen molar-refractivity contribution in [2.24, 2.45) is 0 Å². The van der Waals surface area contributed by atoms with E-state index >= 15 is 0 Å². The number of hydrogen-bond acceptors (Lipinski definition) is 2. The summed E-state index contributed by atoms with van der Waals surface area (Å²) in [5.74, 6) is 0. The first-order valence-corrected chi connectivity index (χ1v) is 4.25. The van der Waals surface area contributed by atoms with Crippen molar-refractivity contribution in [1.82, 2.24) is 0 Å². The van der Waals surface area contributed by atoms with Crippen LogP contribution in [0.5, 0.6) is 0 Å². The molecule has 0 saturated heterocycles. The molecule has 0 saturated carbocycles. The number of hydrogen-bond donors (Lipinski definition) is 0. The highest BCUT2D eigenvalue weighted by Gasteiger charge is 2.28. The molecule has 9 heavy (non-hydrogen) atoms. The van der Waals surface area contributed by atoms with Crippen molar-refractivity contribution in [3.8, 4) is 0 Å². The predicted octanol–water partition coefficient (Wildman–Crippen LogP) is 1.13. The van der Waals surface area contributed by atoms with E-state index in [1.165, 1.54) is 20.8 Å². The lowest BCUT2D eigenvalue weighted by molar-refractivity contribution is 0.509. The van der Waals surface area contributed by atoms with E-state index in [2.05, 4.69) is 0 Å². The molecule has 0 rings (SSSR count). The number of halogens is 1. The molecule has 2 nitrogen and oxygen atoms in total. The summed E-state index contributed by atoms with van der Waals surface area (Å²) in [6, 6.07) is -1.27. The van der Waals surface area contributed by atoms with E-state index in [9.17, 15) is 12.8 Å². The molecule has 0 aromatic carbocycles. The fraction of sp³-hybridized carbons (Fsp3) is 1.00. The minimum absolute atomic E-state index is 0.957. The van der Waals surface area contributed by atoms with Crippen molar-refractivity contribution in [3.05, 3.63) is 0 Å². The third kappa shape index (κ3) is 1.93. The Hall–Kier alpha value is -0.120. The molecule has 0 fully saturated rings. The predicted molar refractivity (Wildman–Crippen MR) is 34.6 cm³/mol. The average molecular weight is 154 g/mol. The van der Waals surface area contributed by atoms with Crippen molar-refractivity contribution in [1.29, 1.82) is 0 Å². The van der Waals surface area contributed by atoms with Gasteiger partial charge in [-0.3, -0.25) is 0 Å². The Morgan fingerprint density at radius 2 is 1.67 bits per heavy atom. The summed E-state index contributed by atoms with van der Waals surface area (Å²) in [5.41, 5.74) is 0. The number of rotatable bonds is 1. The molecule has 4 heteroatoms. The summed E-state index contributed by atoms with van der Waals surface area (Å²) in [4.78, 5) is 0. The minimum Gasteiger partial charge on any atom is -0.234 e. The van der Waals surface area contributed by atoms with E-state index in [1.54, 1.807) is 0 Å². The van der Waals surface area contributed by atoms with Crippen molar-refractivity contribution >= 4 is 9.84 Å². The summed E-state index contributed by atoms with van der Waals surface area (Å²) in [7, 11) is -3.50. The van der Waals surface area contributed by atoms with Crippen molar-refractivity contribution in [3.63, 3.8) is 0 Å². The first-order chi connectivity index (χ1) is 3.81. The highest BCUT2D eigenvalue weighted by Crippen LogP contribution is 2.15. The Balaban J connectivity index is 4.57. The Morgan fingerprint density at radius 1 is 1.33 bits per heavy atom. The maximum Gasteiger partial charge on any atom is 0.191 e. The molecule has 56 valence electrons. The Labute approximate surface area is 55.0 Å². The van der Waals surface area contributed by atoms with E-state index in [0.29, 0.717) is 0 Å². The van der Waals surface area contributed by atoms with Gasteiger partial charge < -0.3 is 0 Å². The van der Waals surface area contributed by atoms with Crippen LogP contribution in [0.3, 0.4) is 0 Å². The average Bonchev–Trinajstić information content (AvgIpc) is 1.64. The van der Waals surface area contributed by atoms with Crippen LogP contribution in [-0.4, -0.2) is 19.2 Å². The van der Waals surface area contributed by atoms with Gasteiger partial charge >= 0.3 is 0 Å². The smallest absolute Gasteiger partial charge is 0.191 e. The van der Waals surface area contributed by atoms with Crippen LogP contribution in [0.4, 0.5) is 4.39 Å². The summed E-state index contributed by atoms with van der Waals surface area (Å²) in [6.45, 7) is 4.42. The van der Waals surface area contributed by atoms with Crippen LogP contribution >= 0.6 is 0 Å². The van der Waals surface area contributed by atoms with E-state index in [1.807, 2.05) is 0 Å². The number of sulfone groups is 1. The van der Waals surface area contributed by atoms with Gasteiger partial charge in [-0.2, -0.15) is 0 Å². The maximum absolute atomic E-state index is 11.7. The fourth-order valence-electron chi connectivity index (χ4n) is 0.164. The quantitative estimate of drug-likeness (QED) is 0.567. The van der Waals surface area contributed by atoms with Gasteiger partial charge in [-0.25, -0.2) is 12.8 Å². The van der Waals surface area contributed by atoms with Crippen LogP contribution in [0.15, 0.2) is 0 Å². The molecular formula is C5H11FO2S. The zero-order valence-corrected chi connectivity index (χ0v) is 6.63. The Morgan fingerprint density at radius 3 is 1.67 bits per heavy atom. The summed E-state index contributed by atoms with van der Waals surface area (Å²) < 4.78 is 32.0. The largest absolute Gasteiger partial charge is 0.234 e. The van der Waals surface area contributed by atoms with E-state index in [0.717, 1.165) is 0 Å². The third-order valence-corrected chi connectivity index (χ3v) is 3.23. The highest BCUT2D eigenvalue weighted by molar-refractivity contribution is 7.92. The van der Waals surface area contributed by atoms with Crippen LogP contribution in [0.1, 0.15) is 20.8 Å². The maximum atomic E-state index is 11.7.